The molecule has 2 aliphatic rings. The molecule has 0 amide bonds. The molecule has 3 aromatic rings. The fourth-order valence-corrected chi connectivity index (χ4v) is 5.24. The molecule has 1 aliphatic carbocycles. The second-order valence-corrected chi connectivity index (χ2v) is 9.34. The molecule has 4 nitrogen and oxygen atoms in total. The van der Waals surface area contributed by atoms with Crippen LogP contribution in [0.3, 0.4) is 0 Å². The van der Waals surface area contributed by atoms with Gasteiger partial charge in [-0.05, 0) is 103 Å². The van der Waals surface area contributed by atoms with E-state index in [9.17, 15) is 10.2 Å². The maximum Gasteiger partial charge on any atom is 0.119 e. The first-order chi connectivity index (χ1) is 16.2. The first-order valence-electron chi connectivity index (χ1n) is 12.3. The third kappa shape index (κ3) is 5.07. The zero-order valence-electron chi connectivity index (χ0n) is 19.2. The van der Waals surface area contributed by atoms with Crippen molar-refractivity contribution in [2.75, 3.05) is 26.2 Å². The number of hydrogen-bond donors (Lipinski definition) is 2. The lowest BCUT2D eigenvalue weighted by atomic mass is 9.81. The largest absolute Gasteiger partial charge is 0.508 e. The Morgan fingerprint density at radius 3 is 2.33 bits per heavy atom. The van der Waals surface area contributed by atoms with Crippen LogP contribution in [0.2, 0.25) is 0 Å². The van der Waals surface area contributed by atoms with Crippen molar-refractivity contribution in [2.45, 2.75) is 44.6 Å². The molecule has 0 saturated carbocycles. The van der Waals surface area contributed by atoms with Crippen molar-refractivity contribution >= 4 is 0 Å². The van der Waals surface area contributed by atoms with Gasteiger partial charge in [0.15, 0.2) is 0 Å². The maximum absolute atomic E-state index is 10.2. The number of fused-ring (bicyclic) bond motifs is 1. The predicted octanol–water partition coefficient (Wildman–Crippen LogP) is 5.44. The summed E-state index contributed by atoms with van der Waals surface area (Å²) in [7, 11) is 0. The molecule has 1 heterocycles. The summed E-state index contributed by atoms with van der Waals surface area (Å²) in [4.78, 5) is 2.49. The summed E-state index contributed by atoms with van der Waals surface area (Å²) < 4.78 is 6.05. The Labute approximate surface area is 196 Å². The van der Waals surface area contributed by atoms with Gasteiger partial charge in [-0.1, -0.05) is 42.8 Å². The summed E-state index contributed by atoms with van der Waals surface area (Å²) in [6.45, 7) is 4.09. The van der Waals surface area contributed by atoms with Gasteiger partial charge >= 0.3 is 0 Å². The van der Waals surface area contributed by atoms with E-state index < -0.39 is 0 Å². The smallest absolute Gasteiger partial charge is 0.119 e. The van der Waals surface area contributed by atoms with Crippen molar-refractivity contribution in [3.63, 3.8) is 0 Å². The molecule has 3 aromatic carbocycles. The molecular weight excluding hydrogens is 410 g/mol. The minimum Gasteiger partial charge on any atom is -0.508 e. The minimum atomic E-state index is -0.263. The quantitative estimate of drug-likeness (QED) is 0.533. The highest BCUT2D eigenvalue weighted by molar-refractivity contribution is 5.87. The lowest BCUT2D eigenvalue weighted by molar-refractivity contribution is 0.158. The fraction of sp³-hybridized carbons (Fsp3) is 0.379. The summed E-state index contributed by atoms with van der Waals surface area (Å²) in [5, 5.41) is 20.0. The van der Waals surface area contributed by atoms with E-state index in [1.54, 1.807) is 12.1 Å². The van der Waals surface area contributed by atoms with Crippen molar-refractivity contribution in [1.82, 2.24) is 4.90 Å². The van der Waals surface area contributed by atoms with Gasteiger partial charge in [0.2, 0.25) is 0 Å². The fourth-order valence-electron chi connectivity index (χ4n) is 5.24. The van der Waals surface area contributed by atoms with E-state index in [2.05, 4.69) is 41.3 Å². The molecule has 4 heteroatoms. The number of phenolic OH excluding ortho intramolecular Hbond substituents is 1. The van der Waals surface area contributed by atoms with Crippen molar-refractivity contribution in [2.24, 2.45) is 0 Å². The van der Waals surface area contributed by atoms with Crippen LogP contribution < -0.4 is 4.74 Å². The van der Waals surface area contributed by atoms with E-state index in [1.807, 2.05) is 12.1 Å². The lowest BCUT2D eigenvalue weighted by Crippen LogP contribution is -2.33. The molecule has 1 unspecified atom stereocenters. The topological polar surface area (TPSA) is 52.9 Å². The molecule has 33 heavy (non-hydrogen) atoms. The molecule has 1 atom stereocenters. The van der Waals surface area contributed by atoms with Crippen molar-refractivity contribution in [3.8, 4) is 33.8 Å². The molecule has 1 aliphatic heterocycles. The van der Waals surface area contributed by atoms with Crippen LogP contribution in [0.1, 0.15) is 36.8 Å². The van der Waals surface area contributed by atoms with E-state index in [-0.39, 0.29) is 11.9 Å². The van der Waals surface area contributed by atoms with Crippen molar-refractivity contribution in [3.05, 3.63) is 71.8 Å². The van der Waals surface area contributed by atoms with Crippen molar-refractivity contribution in [1.29, 1.82) is 0 Å². The summed E-state index contributed by atoms with van der Waals surface area (Å²) in [6, 6.07) is 20.2. The number of phenols is 1. The molecule has 172 valence electrons. The normalized spacial score (nSPS) is 18.6. The zero-order valence-corrected chi connectivity index (χ0v) is 19.2. The summed E-state index contributed by atoms with van der Waals surface area (Å²) in [6.07, 6.45) is 6.05. The standard InChI is InChI=1S/C29H33NO3/c31-24-9-4-21(5-10-24)27-14-8-23-20-25(32)11-15-28(23)29(27)22-6-12-26(13-7-22)33-19-18-30-16-2-1-3-17-30/h4-10,12-14,25,31-32H,1-3,11,15-20H2. The first kappa shape index (κ1) is 22.0. The molecule has 1 fully saturated rings. The van der Waals surface area contributed by atoms with Gasteiger partial charge in [-0.15, -0.1) is 0 Å². The number of aromatic hydroxyl groups is 1. The summed E-state index contributed by atoms with van der Waals surface area (Å²) in [5.41, 5.74) is 7.18. The van der Waals surface area contributed by atoms with Crippen LogP contribution in [0.25, 0.3) is 22.3 Å². The van der Waals surface area contributed by atoms with Crippen LogP contribution in [0.5, 0.6) is 11.5 Å². The average Bonchev–Trinajstić information content (AvgIpc) is 2.85. The molecule has 0 spiro atoms. The monoisotopic (exact) mass is 443 g/mol. The molecule has 2 N–H and O–H groups in total. The number of likely N-dealkylation sites (tertiary alicyclic amines) is 1. The van der Waals surface area contributed by atoms with Gasteiger partial charge in [0.05, 0.1) is 6.10 Å². The minimum absolute atomic E-state index is 0.263. The van der Waals surface area contributed by atoms with Crippen molar-refractivity contribution < 1.29 is 14.9 Å². The van der Waals surface area contributed by atoms with Gasteiger partial charge in [0.1, 0.15) is 18.1 Å². The second-order valence-electron chi connectivity index (χ2n) is 9.34. The van der Waals surface area contributed by atoms with E-state index >= 15 is 0 Å². The number of nitrogens with zero attached hydrogens (tertiary/aromatic N) is 1. The molecule has 0 aromatic heterocycles. The van der Waals surface area contributed by atoms with Gasteiger partial charge in [0.25, 0.3) is 0 Å². The van der Waals surface area contributed by atoms with Gasteiger partial charge in [0, 0.05) is 6.54 Å². The highest BCUT2D eigenvalue weighted by Crippen LogP contribution is 2.40. The predicted molar refractivity (Wildman–Crippen MR) is 133 cm³/mol. The SMILES string of the molecule is Oc1ccc(-c2ccc3c(c2-c2ccc(OCCN4CCCCC4)cc2)CCC(O)C3)cc1. The van der Waals surface area contributed by atoms with Crippen LogP contribution in [0.4, 0.5) is 0 Å². The van der Waals surface area contributed by atoms with Gasteiger partial charge in [-0.25, -0.2) is 0 Å². The molecule has 0 bridgehead atoms. The van der Waals surface area contributed by atoms with Crippen LogP contribution in [-0.2, 0) is 12.8 Å². The molecule has 1 saturated heterocycles. The summed E-state index contributed by atoms with van der Waals surface area (Å²) >= 11 is 0. The second kappa shape index (κ2) is 9.98. The summed E-state index contributed by atoms with van der Waals surface area (Å²) in [5.74, 6) is 1.18. The van der Waals surface area contributed by atoms with E-state index in [0.29, 0.717) is 6.42 Å². The molecular formula is C29H33NO3. The van der Waals surface area contributed by atoms with Crippen LogP contribution in [0, 0.1) is 0 Å². The third-order valence-corrected chi connectivity index (χ3v) is 7.04. The lowest BCUT2D eigenvalue weighted by Gasteiger charge is -2.26. The van der Waals surface area contributed by atoms with E-state index in [0.717, 1.165) is 48.4 Å². The number of hydrogen-bond acceptors (Lipinski definition) is 4. The Morgan fingerprint density at radius 2 is 1.58 bits per heavy atom. The molecule has 5 rings (SSSR count). The van der Waals surface area contributed by atoms with Crippen LogP contribution in [-0.4, -0.2) is 47.5 Å². The number of benzene rings is 3. The number of ether oxygens (including phenoxy) is 1. The van der Waals surface area contributed by atoms with Gasteiger partial charge in [-0.3, -0.25) is 4.90 Å². The maximum atomic E-state index is 10.2. The number of aliphatic hydroxyl groups is 1. The molecule has 0 radical (unpaired) electrons. The zero-order chi connectivity index (χ0) is 22.6. The Hall–Kier alpha value is -2.82. The van der Waals surface area contributed by atoms with E-state index in [4.69, 9.17) is 4.74 Å². The van der Waals surface area contributed by atoms with Gasteiger partial charge < -0.3 is 14.9 Å². The third-order valence-electron chi connectivity index (χ3n) is 7.04. The van der Waals surface area contributed by atoms with Crippen LogP contribution >= 0.6 is 0 Å². The number of aliphatic hydroxyl groups excluding tert-OH is 1. The Balaban J connectivity index is 1.41. The Bertz CT molecular complexity index is 1070. The number of rotatable bonds is 6. The highest BCUT2D eigenvalue weighted by atomic mass is 16.5. The van der Waals surface area contributed by atoms with E-state index in [1.165, 1.54) is 49.0 Å². The average molecular weight is 444 g/mol. The number of piperidine rings is 1. The first-order valence-corrected chi connectivity index (χ1v) is 12.3. The van der Waals surface area contributed by atoms with Gasteiger partial charge in [-0.2, -0.15) is 0 Å². The highest BCUT2D eigenvalue weighted by Gasteiger charge is 2.22. The Kier molecular flexibility index (Phi) is 6.65. The van der Waals surface area contributed by atoms with Crippen LogP contribution in [0.15, 0.2) is 60.7 Å². The Morgan fingerprint density at radius 1 is 0.848 bits per heavy atom.